The van der Waals surface area contributed by atoms with Gasteiger partial charge < -0.3 is 20.1 Å². The molecule has 28 heavy (non-hydrogen) atoms. The molecule has 0 aliphatic carbocycles. The highest BCUT2D eigenvalue weighted by atomic mass is 32.1. The van der Waals surface area contributed by atoms with Gasteiger partial charge in [-0.1, -0.05) is 12.1 Å². The number of rotatable bonds is 7. The Labute approximate surface area is 166 Å². The molecule has 3 rings (SSSR count). The van der Waals surface area contributed by atoms with Crippen LogP contribution in [-0.4, -0.2) is 37.6 Å². The first-order valence-corrected chi connectivity index (χ1v) is 9.31. The Bertz CT molecular complexity index is 973. The van der Waals surface area contributed by atoms with Crippen molar-refractivity contribution in [1.82, 2.24) is 10.3 Å². The van der Waals surface area contributed by atoms with Crippen LogP contribution >= 0.6 is 11.3 Å². The zero-order valence-electron chi connectivity index (χ0n) is 15.4. The van der Waals surface area contributed by atoms with Crippen LogP contribution in [0, 0.1) is 0 Å². The normalized spacial score (nSPS) is 10.2. The zero-order valence-corrected chi connectivity index (χ0v) is 16.2. The predicted octanol–water partition coefficient (Wildman–Crippen LogP) is 3.20. The van der Waals surface area contributed by atoms with Crippen LogP contribution in [0.25, 0.3) is 10.6 Å². The van der Waals surface area contributed by atoms with Crippen LogP contribution in [0.2, 0.25) is 0 Å². The van der Waals surface area contributed by atoms with E-state index in [0.717, 1.165) is 10.6 Å². The van der Waals surface area contributed by atoms with E-state index in [9.17, 15) is 9.59 Å². The maximum atomic E-state index is 12.6. The van der Waals surface area contributed by atoms with Gasteiger partial charge in [-0.05, 0) is 30.3 Å². The first-order chi connectivity index (χ1) is 13.6. The molecule has 7 nitrogen and oxygen atoms in total. The third-order valence-corrected chi connectivity index (χ3v) is 4.69. The summed E-state index contributed by atoms with van der Waals surface area (Å²) < 4.78 is 10.7. The fourth-order valence-electron chi connectivity index (χ4n) is 2.44. The Morgan fingerprint density at radius 3 is 2.71 bits per heavy atom. The number of hydrogen-bond acceptors (Lipinski definition) is 6. The number of ether oxygens (including phenoxy) is 2. The fourth-order valence-corrected chi connectivity index (χ4v) is 3.08. The molecule has 0 aliphatic heterocycles. The van der Waals surface area contributed by atoms with Crippen molar-refractivity contribution >= 4 is 28.8 Å². The average Bonchev–Trinajstić information content (AvgIpc) is 3.27. The zero-order chi connectivity index (χ0) is 19.9. The van der Waals surface area contributed by atoms with E-state index in [2.05, 4.69) is 15.6 Å². The number of likely N-dealkylation sites (N-methyl/N-ethyl adjacent to an activating group) is 1. The first kappa shape index (κ1) is 19.4. The molecule has 1 heterocycles. The third-order valence-electron chi connectivity index (χ3n) is 3.86. The van der Waals surface area contributed by atoms with Crippen LogP contribution in [-0.2, 0) is 4.79 Å². The Balaban J connectivity index is 1.74. The molecule has 0 saturated carbocycles. The van der Waals surface area contributed by atoms with Crippen molar-refractivity contribution in [3.8, 4) is 22.1 Å². The quantitative estimate of drug-likeness (QED) is 0.639. The van der Waals surface area contributed by atoms with Crippen LogP contribution in [0.5, 0.6) is 11.5 Å². The minimum atomic E-state index is -0.285. The minimum absolute atomic E-state index is 0.137. The van der Waals surface area contributed by atoms with E-state index < -0.39 is 0 Å². The summed E-state index contributed by atoms with van der Waals surface area (Å²) in [6.07, 6.45) is 1.74. The molecule has 0 bridgehead atoms. The highest BCUT2D eigenvalue weighted by Crippen LogP contribution is 2.29. The molecule has 0 aliphatic rings. The number of nitrogens with one attached hydrogen (secondary N) is 2. The van der Waals surface area contributed by atoms with Gasteiger partial charge in [-0.2, -0.15) is 0 Å². The van der Waals surface area contributed by atoms with Crippen LogP contribution in [0.3, 0.4) is 0 Å². The highest BCUT2D eigenvalue weighted by molar-refractivity contribution is 7.13. The summed E-state index contributed by atoms with van der Waals surface area (Å²) in [5, 5.41) is 8.13. The molecule has 0 atom stereocenters. The number of anilines is 1. The van der Waals surface area contributed by atoms with Crippen molar-refractivity contribution in [2.24, 2.45) is 0 Å². The number of benzene rings is 2. The van der Waals surface area contributed by atoms with Gasteiger partial charge in [0, 0.05) is 35.4 Å². The third kappa shape index (κ3) is 4.66. The number of nitrogens with zero attached hydrogens (tertiary/aromatic N) is 1. The lowest BCUT2D eigenvalue weighted by atomic mass is 10.1. The lowest BCUT2D eigenvalue weighted by molar-refractivity contribution is -0.122. The van der Waals surface area contributed by atoms with E-state index >= 15 is 0 Å². The van der Waals surface area contributed by atoms with Crippen LogP contribution in [0.4, 0.5) is 5.69 Å². The summed E-state index contributed by atoms with van der Waals surface area (Å²) in [5.41, 5.74) is 2.00. The summed E-state index contributed by atoms with van der Waals surface area (Å²) >= 11 is 1.53. The molecule has 8 heteroatoms. The molecule has 2 N–H and O–H groups in total. The highest BCUT2D eigenvalue weighted by Gasteiger charge is 2.13. The lowest BCUT2D eigenvalue weighted by Crippen LogP contribution is -2.25. The largest absolute Gasteiger partial charge is 0.493 e. The molecule has 0 unspecified atom stereocenters. The molecule has 0 spiro atoms. The van der Waals surface area contributed by atoms with Crippen LogP contribution < -0.4 is 20.1 Å². The summed E-state index contributed by atoms with van der Waals surface area (Å²) in [4.78, 5) is 28.2. The van der Waals surface area contributed by atoms with Crippen LogP contribution in [0.15, 0.2) is 54.0 Å². The number of amides is 2. The van der Waals surface area contributed by atoms with Crippen molar-refractivity contribution in [3.63, 3.8) is 0 Å². The van der Waals surface area contributed by atoms with E-state index in [1.807, 2.05) is 29.6 Å². The van der Waals surface area contributed by atoms with Crippen LogP contribution in [0.1, 0.15) is 10.4 Å². The Kier molecular flexibility index (Phi) is 6.23. The van der Waals surface area contributed by atoms with Gasteiger partial charge in [-0.25, -0.2) is 4.98 Å². The maximum Gasteiger partial charge on any atom is 0.257 e. The molecule has 2 amide bonds. The summed E-state index contributed by atoms with van der Waals surface area (Å²) in [5.74, 6) is 0.206. The molecule has 144 valence electrons. The molecular weight excluding hydrogens is 378 g/mol. The second-order valence-electron chi connectivity index (χ2n) is 5.70. The number of thiazole rings is 1. The molecule has 0 fully saturated rings. The number of carbonyl (C=O) groups excluding carboxylic acids is 2. The van der Waals surface area contributed by atoms with E-state index in [0.29, 0.717) is 22.7 Å². The van der Waals surface area contributed by atoms with Gasteiger partial charge in [0.25, 0.3) is 11.8 Å². The van der Waals surface area contributed by atoms with Gasteiger partial charge in [-0.15, -0.1) is 11.3 Å². The summed E-state index contributed by atoms with van der Waals surface area (Å²) in [6, 6.07) is 12.3. The maximum absolute atomic E-state index is 12.6. The number of carbonyl (C=O) groups is 2. The molecule has 2 aromatic carbocycles. The van der Waals surface area contributed by atoms with E-state index in [4.69, 9.17) is 9.47 Å². The second-order valence-corrected chi connectivity index (χ2v) is 6.59. The van der Waals surface area contributed by atoms with Gasteiger partial charge in [0.1, 0.15) is 5.01 Å². The monoisotopic (exact) mass is 397 g/mol. The smallest absolute Gasteiger partial charge is 0.257 e. The van der Waals surface area contributed by atoms with Gasteiger partial charge in [-0.3, -0.25) is 9.59 Å². The number of aromatic nitrogens is 1. The summed E-state index contributed by atoms with van der Waals surface area (Å²) in [7, 11) is 3.00. The summed E-state index contributed by atoms with van der Waals surface area (Å²) in [6.45, 7) is -0.137. The first-order valence-electron chi connectivity index (χ1n) is 8.43. The molecule has 1 aromatic heterocycles. The van der Waals surface area contributed by atoms with Crippen molar-refractivity contribution in [1.29, 1.82) is 0 Å². The van der Waals surface area contributed by atoms with Gasteiger partial charge in [0.05, 0.1) is 7.11 Å². The van der Waals surface area contributed by atoms with E-state index in [1.165, 1.54) is 25.5 Å². The second kappa shape index (κ2) is 9.01. The molecule has 3 aromatic rings. The molecular formula is C20H19N3O4S. The standard InChI is InChI=1S/C20H19N3O4S/c1-21-18(24)12-27-16-7-6-13(11-17(16)26-2)19(25)23-15-5-3-4-14(10-15)20-22-8-9-28-20/h3-11H,12H2,1-2H3,(H,21,24)(H,23,25). The molecule has 0 radical (unpaired) electrons. The predicted molar refractivity (Wildman–Crippen MR) is 108 cm³/mol. The van der Waals surface area contributed by atoms with Crippen molar-refractivity contribution in [2.45, 2.75) is 0 Å². The lowest BCUT2D eigenvalue weighted by Gasteiger charge is -2.12. The van der Waals surface area contributed by atoms with E-state index in [1.54, 1.807) is 24.4 Å². The fraction of sp³-hybridized carbons (Fsp3) is 0.150. The average molecular weight is 397 g/mol. The number of methoxy groups -OCH3 is 1. The van der Waals surface area contributed by atoms with Gasteiger partial charge in [0.2, 0.25) is 0 Å². The Hall–Kier alpha value is -3.39. The van der Waals surface area contributed by atoms with Gasteiger partial charge in [0.15, 0.2) is 18.1 Å². The van der Waals surface area contributed by atoms with E-state index in [-0.39, 0.29) is 18.4 Å². The minimum Gasteiger partial charge on any atom is -0.493 e. The van der Waals surface area contributed by atoms with Crippen molar-refractivity contribution in [3.05, 3.63) is 59.6 Å². The van der Waals surface area contributed by atoms with Gasteiger partial charge >= 0.3 is 0 Å². The van der Waals surface area contributed by atoms with Crippen molar-refractivity contribution in [2.75, 3.05) is 26.1 Å². The SMILES string of the molecule is CNC(=O)COc1ccc(C(=O)Nc2cccc(-c3nccs3)c2)cc1OC. The Morgan fingerprint density at radius 2 is 2.00 bits per heavy atom. The molecule has 0 saturated heterocycles. The topological polar surface area (TPSA) is 89.5 Å². The Morgan fingerprint density at radius 1 is 1.14 bits per heavy atom. The van der Waals surface area contributed by atoms with Crippen molar-refractivity contribution < 1.29 is 19.1 Å². The number of hydrogen-bond donors (Lipinski definition) is 2.